The molecule has 0 amide bonds. The molecule has 2 aromatic heterocycles. The molecule has 0 saturated heterocycles. The maximum Gasteiger partial charge on any atom is 1.00 e. The number of aryl methyl sites for hydroxylation is 2. The van der Waals surface area contributed by atoms with E-state index in [4.69, 9.17) is 0 Å². The predicted octanol–water partition coefficient (Wildman–Crippen LogP) is 1.17. The van der Waals surface area contributed by atoms with Gasteiger partial charge >= 0.3 is 29.6 Å². The average Bonchev–Trinajstić information content (AvgIpc) is 3.48. The van der Waals surface area contributed by atoms with E-state index in [1.807, 2.05) is 37.4 Å². The van der Waals surface area contributed by atoms with Crippen LogP contribution in [-0.2, 0) is 13.0 Å². The molecule has 0 spiro atoms. The maximum atomic E-state index is 13.3. The average molecular weight is 478 g/mol. The minimum absolute atomic E-state index is 0. The molecule has 0 unspecified atom stereocenters. The molecule has 0 aliphatic carbocycles. The molecule has 0 fully saturated rings. The van der Waals surface area contributed by atoms with Crippen LogP contribution in [0.1, 0.15) is 16.8 Å². The molecular formula is C25H20N5NaO2S. The van der Waals surface area contributed by atoms with Crippen molar-refractivity contribution in [3.05, 3.63) is 81.9 Å². The summed E-state index contributed by atoms with van der Waals surface area (Å²) in [6.07, 6.45) is 2.67. The number of fused-ring (bicyclic) bond motifs is 3. The number of hydrogen-bond acceptors (Lipinski definition) is 5. The molecule has 4 heterocycles. The van der Waals surface area contributed by atoms with E-state index in [1.54, 1.807) is 4.57 Å². The van der Waals surface area contributed by atoms with Gasteiger partial charge in [0.2, 0.25) is 5.13 Å². The second-order valence-corrected chi connectivity index (χ2v) is 9.28. The summed E-state index contributed by atoms with van der Waals surface area (Å²) in [6, 6.07) is 15.5. The fourth-order valence-corrected chi connectivity index (χ4v) is 5.36. The van der Waals surface area contributed by atoms with Crippen molar-refractivity contribution in [3.63, 3.8) is 0 Å². The SMILES string of the molecule is Cc1ccc2[nH]cc(CCn3c([O-])cc4nn(-c5nc6ccccc6s5)c(=O)c-4c3C)c2c1.[Na+]. The Hall–Kier alpha value is -2.91. The van der Waals surface area contributed by atoms with E-state index >= 15 is 0 Å². The first-order valence-corrected chi connectivity index (χ1v) is 11.5. The number of nitrogens with one attached hydrogen (secondary N) is 1. The number of rotatable bonds is 4. The van der Waals surface area contributed by atoms with Crippen LogP contribution in [0.3, 0.4) is 0 Å². The number of aromatic amines is 1. The summed E-state index contributed by atoms with van der Waals surface area (Å²) >= 11 is 1.41. The number of para-hydroxylation sites is 1. The standard InChI is InChI=1S/C25H21N5O2S.Na/c1-14-7-8-18-17(11-14)16(13-26-18)9-10-29-15(2)23-20(12-22(29)31)28-30(24(23)32)25-27-19-5-3-4-6-21(19)33-25;/h3-8,11-13,26,31H,9-10H2,1-2H3;/q;+1/p-1. The third-order valence-corrected chi connectivity index (χ3v) is 7.17. The van der Waals surface area contributed by atoms with Gasteiger partial charge in [-0.3, -0.25) is 4.79 Å². The Bertz CT molecular complexity index is 1660. The van der Waals surface area contributed by atoms with Crippen molar-refractivity contribution < 1.29 is 34.7 Å². The molecule has 34 heavy (non-hydrogen) atoms. The molecule has 0 saturated carbocycles. The normalized spacial score (nSPS) is 11.5. The smallest absolute Gasteiger partial charge is 0.860 e. The Morgan fingerprint density at radius 1 is 1.12 bits per heavy atom. The fourth-order valence-electron chi connectivity index (χ4n) is 4.44. The van der Waals surface area contributed by atoms with Crippen molar-refractivity contribution >= 4 is 32.5 Å². The summed E-state index contributed by atoms with van der Waals surface area (Å²) in [5.74, 6) is -0.162. The summed E-state index contributed by atoms with van der Waals surface area (Å²) in [4.78, 5) is 21.1. The summed E-state index contributed by atoms with van der Waals surface area (Å²) in [5.41, 5.74) is 5.48. The van der Waals surface area contributed by atoms with E-state index in [9.17, 15) is 9.90 Å². The summed E-state index contributed by atoms with van der Waals surface area (Å²) in [7, 11) is 0. The van der Waals surface area contributed by atoms with Crippen LogP contribution in [0, 0.1) is 13.8 Å². The predicted molar refractivity (Wildman–Crippen MR) is 129 cm³/mol. The van der Waals surface area contributed by atoms with Crippen LogP contribution in [0.25, 0.3) is 37.5 Å². The number of thiazole rings is 1. The van der Waals surface area contributed by atoms with Gasteiger partial charge in [-0.15, -0.1) is 0 Å². The molecule has 6 rings (SSSR count). The van der Waals surface area contributed by atoms with E-state index in [2.05, 4.69) is 40.2 Å². The van der Waals surface area contributed by atoms with Crippen LogP contribution < -0.4 is 40.2 Å². The summed E-state index contributed by atoms with van der Waals surface area (Å²) < 4.78 is 3.97. The van der Waals surface area contributed by atoms with Gasteiger partial charge in [-0.25, -0.2) is 4.98 Å². The first-order chi connectivity index (χ1) is 16.0. The monoisotopic (exact) mass is 477 g/mol. The van der Waals surface area contributed by atoms with Crippen LogP contribution >= 0.6 is 11.3 Å². The van der Waals surface area contributed by atoms with Crippen molar-refractivity contribution in [2.75, 3.05) is 0 Å². The molecule has 7 nitrogen and oxygen atoms in total. The Balaban J connectivity index is 0.00000241. The van der Waals surface area contributed by atoms with Gasteiger partial charge in [0.05, 0.1) is 21.5 Å². The first-order valence-electron chi connectivity index (χ1n) is 10.7. The van der Waals surface area contributed by atoms with E-state index in [0.29, 0.717) is 35.0 Å². The van der Waals surface area contributed by atoms with Gasteiger partial charge in [-0.2, -0.15) is 9.78 Å². The molecule has 2 aliphatic rings. The zero-order valence-corrected chi connectivity index (χ0v) is 21.9. The van der Waals surface area contributed by atoms with Crippen LogP contribution in [0.15, 0.2) is 59.5 Å². The van der Waals surface area contributed by atoms with E-state index in [-0.39, 0.29) is 41.0 Å². The zero-order chi connectivity index (χ0) is 22.7. The van der Waals surface area contributed by atoms with Crippen LogP contribution in [0.2, 0.25) is 0 Å². The molecule has 0 bridgehead atoms. The molecule has 1 N–H and O–H groups in total. The Morgan fingerprint density at radius 2 is 1.94 bits per heavy atom. The first kappa shape index (κ1) is 22.9. The third-order valence-electron chi connectivity index (χ3n) is 6.15. The quantitative estimate of drug-likeness (QED) is 0.386. The number of hydrogen-bond donors (Lipinski definition) is 1. The van der Waals surface area contributed by atoms with Gasteiger partial charge in [0.25, 0.3) is 5.56 Å². The summed E-state index contributed by atoms with van der Waals surface area (Å²) in [6.45, 7) is 4.36. The largest absolute Gasteiger partial charge is 1.00 e. The van der Waals surface area contributed by atoms with Crippen molar-refractivity contribution in [3.8, 4) is 22.3 Å². The molecular weight excluding hydrogens is 457 g/mol. The zero-order valence-electron chi connectivity index (χ0n) is 19.1. The van der Waals surface area contributed by atoms with E-state index < -0.39 is 0 Å². The van der Waals surface area contributed by atoms with Gasteiger partial charge in [0.15, 0.2) is 0 Å². The van der Waals surface area contributed by atoms with Crippen molar-refractivity contribution in [1.29, 1.82) is 0 Å². The third kappa shape index (κ3) is 3.67. The summed E-state index contributed by atoms with van der Waals surface area (Å²) in [5, 5.41) is 19.0. The van der Waals surface area contributed by atoms with Crippen LogP contribution in [0.4, 0.5) is 0 Å². The second kappa shape index (κ2) is 8.70. The number of pyridine rings is 1. The van der Waals surface area contributed by atoms with E-state index in [0.717, 1.165) is 26.7 Å². The number of H-pyrrole nitrogens is 1. The number of aromatic nitrogens is 5. The molecule has 0 radical (unpaired) electrons. The Kier molecular flexibility index (Phi) is 5.85. The van der Waals surface area contributed by atoms with Crippen molar-refractivity contribution in [1.82, 2.24) is 24.3 Å². The molecule has 0 atom stereocenters. The van der Waals surface area contributed by atoms with Gasteiger partial charge < -0.3 is 14.7 Å². The topological polar surface area (TPSA) is 91.6 Å². The minimum atomic E-state index is -0.252. The van der Waals surface area contributed by atoms with Crippen LogP contribution in [0.5, 0.6) is 5.88 Å². The minimum Gasteiger partial charge on any atom is -0.860 e. The molecule has 2 aliphatic heterocycles. The van der Waals surface area contributed by atoms with Crippen molar-refractivity contribution in [2.24, 2.45) is 0 Å². The molecule has 2 aromatic carbocycles. The molecule has 164 valence electrons. The van der Waals surface area contributed by atoms with Gasteiger partial charge in [-0.1, -0.05) is 35.1 Å². The maximum absolute atomic E-state index is 13.3. The second-order valence-electron chi connectivity index (χ2n) is 8.27. The van der Waals surface area contributed by atoms with Gasteiger partial charge in [0, 0.05) is 29.3 Å². The Morgan fingerprint density at radius 3 is 2.76 bits per heavy atom. The van der Waals surface area contributed by atoms with Gasteiger partial charge in [0.1, 0.15) is 0 Å². The molecule has 9 heteroatoms. The van der Waals surface area contributed by atoms with Crippen molar-refractivity contribution in [2.45, 2.75) is 26.8 Å². The number of benzene rings is 2. The van der Waals surface area contributed by atoms with Crippen LogP contribution in [-0.4, -0.2) is 24.3 Å². The molecule has 4 aromatic rings. The van der Waals surface area contributed by atoms with Gasteiger partial charge in [-0.05, 0) is 62.0 Å². The van der Waals surface area contributed by atoms with E-state index in [1.165, 1.54) is 27.6 Å². The Labute approximate surface area is 221 Å². The fraction of sp³-hybridized carbons (Fsp3) is 0.160. The number of nitrogens with zero attached hydrogens (tertiary/aromatic N) is 4.